The van der Waals surface area contributed by atoms with Crippen molar-refractivity contribution < 1.29 is 4.92 Å². The summed E-state index contributed by atoms with van der Waals surface area (Å²) in [7, 11) is 0. The molecule has 86 valence electrons. The third-order valence-electron chi connectivity index (χ3n) is 1.78. The quantitative estimate of drug-likeness (QED) is 0.157. The predicted octanol–water partition coefficient (Wildman–Crippen LogP) is 3.30. The van der Waals surface area contributed by atoms with E-state index in [1.165, 1.54) is 18.2 Å². The average Bonchev–Trinajstić information content (AvgIpc) is 2.28. The highest BCUT2D eigenvalue weighted by atomic mass is 35.5. The highest BCUT2D eigenvalue weighted by molar-refractivity contribution is 6.30. The normalized spacial score (nSPS) is 8.76. The molecule has 0 aliphatic heterocycles. The molecular weight excluding hydrogens is 244 g/mol. The summed E-state index contributed by atoms with van der Waals surface area (Å²) in [4.78, 5) is 12.7. The second kappa shape index (κ2) is 6.38. The summed E-state index contributed by atoms with van der Waals surface area (Å²) in [5.74, 6) is 5.32. The van der Waals surface area contributed by atoms with Crippen molar-refractivity contribution in [1.29, 1.82) is 0 Å². The number of azide groups is 1. The van der Waals surface area contributed by atoms with Crippen LogP contribution in [0.5, 0.6) is 0 Å². The Bertz CT molecular complexity index is 541. The summed E-state index contributed by atoms with van der Waals surface area (Å²) >= 11 is 5.73. The number of benzene rings is 1. The van der Waals surface area contributed by atoms with Crippen LogP contribution in [0.2, 0.25) is 5.02 Å². The van der Waals surface area contributed by atoms with Crippen molar-refractivity contribution in [1.82, 2.24) is 0 Å². The fourth-order valence-electron chi connectivity index (χ4n) is 1.08. The van der Waals surface area contributed by atoms with Crippen LogP contribution < -0.4 is 0 Å². The van der Waals surface area contributed by atoms with Crippen LogP contribution in [0.3, 0.4) is 0 Å². The molecule has 0 aliphatic rings. The van der Waals surface area contributed by atoms with Gasteiger partial charge in [0.25, 0.3) is 5.69 Å². The molecule has 0 spiro atoms. The second-order valence-corrected chi connectivity index (χ2v) is 3.36. The van der Waals surface area contributed by atoms with Crippen molar-refractivity contribution in [2.45, 2.75) is 6.42 Å². The van der Waals surface area contributed by atoms with E-state index in [1.54, 1.807) is 0 Å². The third-order valence-corrected chi connectivity index (χ3v) is 2.01. The zero-order chi connectivity index (χ0) is 12.7. The maximum absolute atomic E-state index is 10.7. The molecule has 0 aromatic heterocycles. The number of nitro groups is 1. The van der Waals surface area contributed by atoms with Gasteiger partial charge in [-0.15, -0.1) is 0 Å². The maximum Gasteiger partial charge on any atom is 0.285 e. The molecule has 7 heteroatoms. The summed E-state index contributed by atoms with van der Waals surface area (Å²) in [6.07, 6.45) is 0.341. The van der Waals surface area contributed by atoms with E-state index in [1.807, 2.05) is 0 Å². The third kappa shape index (κ3) is 4.03. The Morgan fingerprint density at radius 1 is 1.59 bits per heavy atom. The molecule has 0 saturated heterocycles. The van der Waals surface area contributed by atoms with Crippen molar-refractivity contribution in [2.75, 3.05) is 6.54 Å². The van der Waals surface area contributed by atoms with Crippen LogP contribution in [-0.2, 0) is 0 Å². The van der Waals surface area contributed by atoms with Gasteiger partial charge in [0.1, 0.15) is 5.56 Å². The first-order valence-corrected chi connectivity index (χ1v) is 4.96. The molecule has 0 unspecified atom stereocenters. The van der Waals surface area contributed by atoms with Gasteiger partial charge in [-0.05, 0) is 17.7 Å². The Labute approximate surface area is 102 Å². The van der Waals surface area contributed by atoms with Crippen molar-refractivity contribution in [3.05, 3.63) is 49.3 Å². The van der Waals surface area contributed by atoms with Crippen LogP contribution in [0.25, 0.3) is 10.4 Å². The van der Waals surface area contributed by atoms with Crippen molar-refractivity contribution in [3.63, 3.8) is 0 Å². The zero-order valence-corrected chi connectivity index (χ0v) is 9.39. The van der Waals surface area contributed by atoms with Crippen LogP contribution >= 0.6 is 11.6 Å². The van der Waals surface area contributed by atoms with E-state index < -0.39 is 4.92 Å². The SMILES string of the molecule is [N-]=[N+]=NCCC#Cc1cc(Cl)ccc1[N+](=O)[O-]. The lowest BCUT2D eigenvalue weighted by molar-refractivity contribution is -0.385. The highest BCUT2D eigenvalue weighted by Crippen LogP contribution is 2.21. The van der Waals surface area contributed by atoms with E-state index in [-0.39, 0.29) is 17.8 Å². The van der Waals surface area contributed by atoms with Gasteiger partial charge in [0.05, 0.1) is 4.92 Å². The Balaban J connectivity index is 2.91. The Morgan fingerprint density at radius 2 is 2.35 bits per heavy atom. The zero-order valence-electron chi connectivity index (χ0n) is 8.63. The molecule has 1 aromatic carbocycles. The van der Waals surface area contributed by atoms with E-state index in [0.29, 0.717) is 11.4 Å². The van der Waals surface area contributed by atoms with Crippen molar-refractivity contribution >= 4 is 17.3 Å². The number of hydrogen-bond acceptors (Lipinski definition) is 3. The van der Waals surface area contributed by atoms with Gasteiger partial charge in [-0.1, -0.05) is 28.6 Å². The fraction of sp³-hybridized carbons (Fsp3) is 0.200. The molecule has 0 aliphatic carbocycles. The molecule has 17 heavy (non-hydrogen) atoms. The molecule has 0 saturated carbocycles. The largest absolute Gasteiger partial charge is 0.285 e. The first-order chi connectivity index (χ1) is 8.15. The Hall–Kier alpha value is -2.22. The minimum Gasteiger partial charge on any atom is -0.258 e. The summed E-state index contributed by atoms with van der Waals surface area (Å²) < 4.78 is 0. The van der Waals surface area contributed by atoms with E-state index in [4.69, 9.17) is 17.1 Å². The summed E-state index contributed by atoms with van der Waals surface area (Å²) in [6, 6.07) is 4.17. The van der Waals surface area contributed by atoms with E-state index in [9.17, 15) is 10.1 Å². The molecule has 0 bridgehead atoms. The minimum absolute atomic E-state index is 0.0920. The van der Waals surface area contributed by atoms with Gasteiger partial charge in [0, 0.05) is 29.0 Å². The smallest absolute Gasteiger partial charge is 0.258 e. The molecule has 0 atom stereocenters. The second-order valence-electron chi connectivity index (χ2n) is 2.92. The lowest BCUT2D eigenvalue weighted by atomic mass is 10.2. The topological polar surface area (TPSA) is 91.9 Å². The summed E-state index contributed by atoms with van der Waals surface area (Å²) in [5, 5.41) is 14.4. The van der Waals surface area contributed by atoms with Crippen molar-refractivity contribution in [3.8, 4) is 11.8 Å². The molecule has 0 N–H and O–H groups in total. The molecule has 0 fully saturated rings. The van der Waals surface area contributed by atoms with Gasteiger partial charge < -0.3 is 0 Å². The number of nitro benzene ring substituents is 1. The predicted molar refractivity (Wildman–Crippen MR) is 63.6 cm³/mol. The van der Waals surface area contributed by atoms with Crippen LogP contribution in [0.4, 0.5) is 5.69 Å². The number of rotatable bonds is 3. The maximum atomic E-state index is 10.7. The van der Waals surface area contributed by atoms with Crippen LogP contribution in [0, 0.1) is 22.0 Å². The first-order valence-electron chi connectivity index (χ1n) is 4.59. The van der Waals surface area contributed by atoms with Gasteiger partial charge in [-0.25, -0.2) is 0 Å². The molecule has 0 radical (unpaired) electrons. The van der Waals surface area contributed by atoms with Crippen LogP contribution in [0.1, 0.15) is 12.0 Å². The molecule has 0 heterocycles. The summed E-state index contributed by atoms with van der Waals surface area (Å²) in [6.45, 7) is 0.234. The van der Waals surface area contributed by atoms with E-state index in [2.05, 4.69) is 21.9 Å². The first kappa shape index (κ1) is 12.8. The minimum atomic E-state index is -0.520. The Kier molecular flexibility index (Phi) is 4.82. The number of hydrogen-bond donors (Lipinski definition) is 0. The van der Waals surface area contributed by atoms with E-state index in [0.717, 1.165) is 0 Å². The molecule has 6 nitrogen and oxygen atoms in total. The molecule has 0 amide bonds. The fourth-order valence-corrected chi connectivity index (χ4v) is 1.25. The van der Waals surface area contributed by atoms with Gasteiger partial charge in [-0.3, -0.25) is 10.1 Å². The average molecular weight is 251 g/mol. The number of nitrogens with zero attached hydrogens (tertiary/aromatic N) is 4. The van der Waals surface area contributed by atoms with Gasteiger partial charge >= 0.3 is 0 Å². The monoisotopic (exact) mass is 250 g/mol. The standard InChI is InChI=1S/C10H7ClN4O2/c11-9-4-5-10(15(16)17)8(7-9)3-1-2-6-13-14-12/h4-5,7H,2,6H2. The summed E-state index contributed by atoms with van der Waals surface area (Å²) in [5.41, 5.74) is 8.20. The number of halogens is 1. The van der Waals surface area contributed by atoms with Gasteiger partial charge in [0.15, 0.2) is 0 Å². The lowest BCUT2D eigenvalue weighted by Gasteiger charge is -1.95. The van der Waals surface area contributed by atoms with Crippen LogP contribution in [0.15, 0.2) is 23.3 Å². The van der Waals surface area contributed by atoms with E-state index >= 15 is 0 Å². The molecule has 1 rings (SSSR count). The van der Waals surface area contributed by atoms with Crippen LogP contribution in [-0.4, -0.2) is 11.5 Å². The van der Waals surface area contributed by atoms with Gasteiger partial charge in [0.2, 0.25) is 0 Å². The lowest BCUT2D eigenvalue weighted by Crippen LogP contribution is -1.91. The Morgan fingerprint density at radius 3 is 3.00 bits per heavy atom. The highest BCUT2D eigenvalue weighted by Gasteiger charge is 2.11. The molecule has 1 aromatic rings. The van der Waals surface area contributed by atoms with Gasteiger partial charge in [-0.2, -0.15) is 0 Å². The van der Waals surface area contributed by atoms with Crippen molar-refractivity contribution in [2.24, 2.45) is 5.11 Å². The molecular formula is C10H7ClN4O2.